The van der Waals surface area contributed by atoms with Crippen LogP contribution < -0.4 is 5.32 Å². The lowest BCUT2D eigenvalue weighted by Crippen LogP contribution is -2.52. The molecule has 1 aliphatic rings. The molecule has 2 aromatic carbocycles. The van der Waals surface area contributed by atoms with Crippen LogP contribution in [0.1, 0.15) is 24.2 Å². The lowest BCUT2D eigenvalue weighted by Gasteiger charge is -2.35. The van der Waals surface area contributed by atoms with Gasteiger partial charge in [-0.2, -0.15) is 0 Å². The number of hydrogen-bond donors (Lipinski definition) is 1. The minimum atomic E-state index is -0.145. The first kappa shape index (κ1) is 18.9. The Labute approximate surface area is 159 Å². The second-order valence-electron chi connectivity index (χ2n) is 7.07. The quantitative estimate of drug-likeness (QED) is 0.897. The summed E-state index contributed by atoms with van der Waals surface area (Å²) in [6, 6.07) is 13.6. The molecule has 0 saturated carbocycles. The summed E-state index contributed by atoms with van der Waals surface area (Å²) in [6.07, 6.45) is 0. The van der Waals surface area contributed by atoms with E-state index in [-0.39, 0.29) is 30.2 Å². The molecule has 0 unspecified atom stereocenters. The maximum atomic E-state index is 12.9. The highest BCUT2D eigenvalue weighted by Crippen LogP contribution is 2.20. The van der Waals surface area contributed by atoms with Crippen LogP contribution in [0.3, 0.4) is 0 Å². The van der Waals surface area contributed by atoms with Gasteiger partial charge in [0.1, 0.15) is 0 Å². The van der Waals surface area contributed by atoms with Crippen LogP contribution in [0.15, 0.2) is 42.5 Å². The van der Waals surface area contributed by atoms with E-state index in [9.17, 15) is 14.4 Å². The number of nitrogens with one attached hydrogen (secondary N) is 1. The fourth-order valence-corrected chi connectivity index (χ4v) is 3.22. The molecule has 1 N–H and O–H groups in total. The van der Waals surface area contributed by atoms with E-state index in [0.29, 0.717) is 31.7 Å². The zero-order valence-corrected chi connectivity index (χ0v) is 15.8. The summed E-state index contributed by atoms with van der Waals surface area (Å²) in [5, 5.41) is 4.63. The fraction of sp³-hybridized carbons (Fsp3) is 0.381. The Morgan fingerprint density at radius 3 is 2.26 bits per heavy atom. The number of rotatable bonds is 4. The van der Waals surface area contributed by atoms with Crippen molar-refractivity contribution in [1.29, 1.82) is 0 Å². The van der Waals surface area contributed by atoms with Gasteiger partial charge in [-0.3, -0.25) is 14.4 Å². The van der Waals surface area contributed by atoms with Gasteiger partial charge in [-0.25, -0.2) is 0 Å². The smallest absolute Gasteiger partial charge is 0.254 e. The Balaban J connectivity index is 1.59. The predicted molar refractivity (Wildman–Crippen MR) is 104 cm³/mol. The first-order valence-corrected chi connectivity index (χ1v) is 9.30. The normalized spacial score (nSPS) is 14.5. The third-order valence-electron chi connectivity index (χ3n) is 4.88. The summed E-state index contributed by atoms with van der Waals surface area (Å²) in [5.41, 5.74) is 0.692. The van der Waals surface area contributed by atoms with E-state index in [1.165, 1.54) is 0 Å². The lowest BCUT2D eigenvalue weighted by molar-refractivity contribution is -0.134. The average Bonchev–Trinajstić information content (AvgIpc) is 2.70. The summed E-state index contributed by atoms with van der Waals surface area (Å²) >= 11 is 0. The largest absolute Gasteiger partial charge is 0.347 e. The second-order valence-corrected chi connectivity index (χ2v) is 7.07. The first-order chi connectivity index (χ1) is 13.0. The molecule has 0 bridgehead atoms. The molecule has 1 fully saturated rings. The van der Waals surface area contributed by atoms with Crippen LogP contribution in [0, 0.1) is 5.92 Å². The molecule has 0 aliphatic carbocycles. The number of carbonyl (C=O) groups excluding carboxylic acids is 3. The molecular weight excluding hydrogens is 342 g/mol. The molecule has 3 amide bonds. The van der Waals surface area contributed by atoms with Crippen LogP contribution in [0.4, 0.5) is 0 Å². The summed E-state index contributed by atoms with van der Waals surface area (Å²) in [5.74, 6) is -0.394. The monoisotopic (exact) mass is 367 g/mol. The van der Waals surface area contributed by atoms with Crippen molar-refractivity contribution in [3.8, 4) is 0 Å². The number of fused-ring (bicyclic) bond motifs is 1. The zero-order chi connectivity index (χ0) is 19.4. The van der Waals surface area contributed by atoms with Gasteiger partial charge < -0.3 is 15.1 Å². The number of piperazine rings is 1. The molecular formula is C21H25N3O3. The van der Waals surface area contributed by atoms with Gasteiger partial charge in [0.2, 0.25) is 11.8 Å². The summed E-state index contributed by atoms with van der Waals surface area (Å²) in [7, 11) is 0. The second kappa shape index (κ2) is 8.20. The minimum Gasteiger partial charge on any atom is -0.347 e. The molecule has 27 heavy (non-hydrogen) atoms. The molecule has 2 aromatic rings. The van der Waals surface area contributed by atoms with E-state index >= 15 is 0 Å². The lowest BCUT2D eigenvalue weighted by atomic mass is 10.0. The number of carbonyl (C=O) groups is 3. The molecule has 3 rings (SSSR count). The maximum Gasteiger partial charge on any atom is 0.254 e. The molecule has 0 aromatic heterocycles. The summed E-state index contributed by atoms with van der Waals surface area (Å²) in [4.78, 5) is 40.3. The van der Waals surface area contributed by atoms with Gasteiger partial charge >= 0.3 is 0 Å². The Kier molecular flexibility index (Phi) is 5.74. The Bertz CT molecular complexity index is 849. The van der Waals surface area contributed by atoms with Crippen molar-refractivity contribution in [3.63, 3.8) is 0 Å². The Morgan fingerprint density at radius 1 is 0.926 bits per heavy atom. The van der Waals surface area contributed by atoms with Crippen molar-refractivity contribution in [2.75, 3.05) is 32.7 Å². The van der Waals surface area contributed by atoms with Gasteiger partial charge in [-0.1, -0.05) is 50.2 Å². The van der Waals surface area contributed by atoms with Gasteiger partial charge in [-0.05, 0) is 16.8 Å². The Morgan fingerprint density at radius 2 is 1.56 bits per heavy atom. The van der Waals surface area contributed by atoms with Crippen LogP contribution in [0.25, 0.3) is 10.8 Å². The Hall–Kier alpha value is -2.89. The number of amides is 3. The highest BCUT2D eigenvalue weighted by molar-refractivity contribution is 6.07. The number of nitrogens with zero attached hydrogens (tertiary/aromatic N) is 2. The maximum absolute atomic E-state index is 12.9. The standard InChI is InChI=1S/C21H25N3O3/c1-15(2)20(26)22-14-19(25)23-10-12-24(13-11-23)21(27)18-9-5-7-16-6-3-4-8-17(16)18/h3-9,15H,10-14H2,1-2H3,(H,22,26). The highest BCUT2D eigenvalue weighted by atomic mass is 16.2. The van der Waals surface area contributed by atoms with E-state index in [1.54, 1.807) is 23.6 Å². The number of benzene rings is 2. The third kappa shape index (κ3) is 4.27. The van der Waals surface area contributed by atoms with Crippen molar-refractivity contribution < 1.29 is 14.4 Å². The molecule has 1 aliphatic heterocycles. The SMILES string of the molecule is CC(C)C(=O)NCC(=O)N1CCN(C(=O)c2cccc3ccccc23)CC1. The predicted octanol–water partition coefficient (Wildman–Crippen LogP) is 1.90. The molecule has 6 heteroatoms. The third-order valence-corrected chi connectivity index (χ3v) is 4.88. The topological polar surface area (TPSA) is 69.7 Å². The van der Waals surface area contributed by atoms with E-state index in [2.05, 4.69) is 5.32 Å². The molecule has 0 radical (unpaired) electrons. The van der Waals surface area contributed by atoms with Gasteiger partial charge in [0.15, 0.2) is 0 Å². The molecule has 0 spiro atoms. The van der Waals surface area contributed by atoms with Crippen molar-refractivity contribution in [1.82, 2.24) is 15.1 Å². The van der Waals surface area contributed by atoms with Crippen molar-refractivity contribution in [3.05, 3.63) is 48.0 Å². The van der Waals surface area contributed by atoms with Crippen LogP contribution >= 0.6 is 0 Å². The fourth-order valence-electron chi connectivity index (χ4n) is 3.22. The summed E-state index contributed by atoms with van der Waals surface area (Å²) in [6.45, 7) is 5.53. The zero-order valence-electron chi connectivity index (χ0n) is 15.8. The van der Waals surface area contributed by atoms with Crippen LogP contribution in [-0.4, -0.2) is 60.2 Å². The van der Waals surface area contributed by atoms with E-state index < -0.39 is 0 Å². The van der Waals surface area contributed by atoms with Gasteiger partial charge in [0.05, 0.1) is 6.54 Å². The molecule has 0 atom stereocenters. The molecule has 1 saturated heterocycles. The summed E-state index contributed by atoms with van der Waals surface area (Å²) < 4.78 is 0. The molecule has 142 valence electrons. The van der Waals surface area contributed by atoms with Gasteiger partial charge in [0.25, 0.3) is 5.91 Å². The highest BCUT2D eigenvalue weighted by Gasteiger charge is 2.25. The van der Waals surface area contributed by atoms with E-state index in [1.807, 2.05) is 42.5 Å². The van der Waals surface area contributed by atoms with Crippen LogP contribution in [0.5, 0.6) is 0 Å². The first-order valence-electron chi connectivity index (χ1n) is 9.30. The number of hydrogen-bond acceptors (Lipinski definition) is 3. The van der Waals surface area contributed by atoms with Gasteiger partial charge in [-0.15, -0.1) is 0 Å². The molecule has 1 heterocycles. The van der Waals surface area contributed by atoms with Crippen LogP contribution in [0.2, 0.25) is 0 Å². The van der Waals surface area contributed by atoms with Crippen LogP contribution in [-0.2, 0) is 9.59 Å². The molecule has 6 nitrogen and oxygen atoms in total. The average molecular weight is 367 g/mol. The van der Waals surface area contributed by atoms with Crippen molar-refractivity contribution in [2.45, 2.75) is 13.8 Å². The van der Waals surface area contributed by atoms with E-state index in [4.69, 9.17) is 0 Å². The van der Waals surface area contributed by atoms with Crippen molar-refractivity contribution in [2.24, 2.45) is 5.92 Å². The minimum absolute atomic E-state index is 0.00740. The van der Waals surface area contributed by atoms with E-state index in [0.717, 1.165) is 10.8 Å². The van der Waals surface area contributed by atoms with Gasteiger partial charge in [0, 0.05) is 37.7 Å². The van der Waals surface area contributed by atoms with Crippen molar-refractivity contribution >= 4 is 28.5 Å².